The van der Waals surface area contributed by atoms with E-state index in [0.717, 1.165) is 4.57 Å². The molecule has 0 aliphatic carbocycles. The summed E-state index contributed by atoms with van der Waals surface area (Å²) in [4.78, 5) is 23.4. The number of aromatic nitrogens is 2. The zero-order chi connectivity index (χ0) is 18.6. The molecule has 2 heterocycles. The van der Waals surface area contributed by atoms with Crippen LogP contribution in [0.5, 0.6) is 0 Å². The molecule has 10 heteroatoms. The SMILES string of the molecule is CC(C)(C)OC(=O)N1CCN(C(N)=NCc2nccn2C(F)F)CC1. The number of nitrogens with two attached hydrogens (primary N) is 1. The van der Waals surface area contributed by atoms with Crippen LogP contribution in [0, 0.1) is 0 Å². The molecule has 8 nitrogen and oxygen atoms in total. The van der Waals surface area contributed by atoms with E-state index in [1.54, 1.807) is 9.80 Å². The molecule has 1 amide bonds. The monoisotopic (exact) mass is 358 g/mol. The molecule has 0 atom stereocenters. The number of aliphatic imine (C=N–C) groups is 1. The number of halogens is 2. The van der Waals surface area contributed by atoms with E-state index >= 15 is 0 Å². The lowest BCUT2D eigenvalue weighted by Gasteiger charge is -2.36. The lowest BCUT2D eigenvalue weighted by Crippen LogP contribution is -2.53. The van der Waals surface area contributed by atoms with Crippen LogP contribution in [0.25, 0.3) is 0 Å². The molecule has 0 saturated carbocycles. The summed E-state index contributed by atoms with van der Waals surface area (Å²) in [5.74, 6) is 0.387. The molecular weight excluding hydrogens is 334 g/mol. The molecule has 1 aromatic heterocycles. The molecule has 1 saturated heterocycles. The van der Waals surface area contributed by atoms with Crippen molar-refractivity contribution in [1.29, 1.82) is 0 Å². The predicted molar refractivity (Wildman–Crippen MR) is 88.2 cm³/mol. The Morgan fingerprint density at radius 2 is 1.92 bits per heavy atom. The highest BCUT2D eigenvalue weighted by molar-refractivity contribution is 5.78. The molecular formula is C15H24F2N6O2. The Hall–Kier alpha value is -2.39. The lowest BCUT2D eigenvalue weighted by atomic mass is 10.2. The van der Waals surface area contributed by atoms with Gasteiger partial charge in [-0.1, -0.05) is 0 Å². The summed E-state index contributed by atoms with van der Waals surface area (Å²) < 4.78 is 31.6. The summed E-state index contributed by atoms with van der Waals surface area (Å²) >= 11 is 0. The number of alkyl halides is 2. The van der Waals surface area contributed by atoms with Crippen molar-refractivity contribution in [3.8, 4) is 0 Å². The number of carbonyl (C=O) groups is 1. The van der Waals surface area contributed by atoms with Gasteiger partial charge in [0.2, 0.25) is 0 Å². The second kappa shape index (κ2) is 7.66. The number of ether oxygens (including phenoxy) is 1. The number of amides is 1. The molecule has 25 heavy (non-hydrogen) atoms. The summed E-state index contributed by atoms with van der Waals surface area (Å²) in [6, 6.07) is 0. The van der Waals surface area contributed by atoms with E-state index < -0.39 is 12.2 Å². The summed E-state index contributed by atoms with van der Waals surface area (Å²) in [7, 11) is 0. The fourth-order valence-corrected chi connectivity index (χ4v) is 2.34. The minimum absolute atomic E-state index is 0.0323. The first-order valence-corrected chi connectivity index (χ1v) is 8.00. The van der Waals surface area contributed by atoms with Gasteiger partial charge in [-0.2, -0.15) is 8.78 Å². The van der Waals surface area contributed by atoms with Gasteiger partial charge in [0.15, 0.2) is 5.96 Å². The van der Waals surface area contributed by atoms with Gasteiger partial charge in [-0.3, -0.25) is 4.57 Å². The highest BCUT2D eigenvalue weighted by Crippen LogP contribution is 2.14. The van der Waals surface area contributed by atoms with Crippen LogP contribution >= 0.6 is 0 Å². The Labute approximate surface area is 145 Å². The molecule has 0 unspecified atom stereocenters. The van der Waals surface area contributed by atoms with Crippen LogP contribution in [0.15, 0.2) is 17.4 Å². The van der Waals surface area contributed by atoms with Crippen LogP contribution in [-0.4, -0.2) is 63.2 Å². The van der Waals surface area contributed by atoms with E-state index in [0.29, 0.717) is 26.2 Å². The Morgan fingerprint density at radius 3 is 2.48 bits per heavy atom. The topological polar surface area (TPSA) is 89.0 Å². The van der Waals surface area contributed by atoms with Gasteiger partial charge < -0.3 is 20.3 Å². The van der Waals surface area contributed by atoms with E-state index in [9.17, 15) is 13.6 Å². The molecule has 0 bridgehead atoms. The highest BCUT2D eigenvalue weighted by Gasteiger charge is 2.26. The van der Waals surface area contributed by atoms with Gasteiger partial charge in [0.1, 0.15) is 18.0 Å². The van der Waals surface area contributed by atoms with E-state index in [1.165, 1.54) is 12.4 Å². The summed E-state index contributed by atoms with van der Waals surface area (Å²) in [5.41, 5.74) is 5.39. The van der Waals surface area contributed by atoms with Crippen LogP contribution in [0.2, 0.25) is 0 Å². The van der Waals surface area contributed by atoms with Crippen molar-refractivity contribution in [3.63, 3.8) is 0 Å². The molecule has 0 spiro atoms. The van der Waals surface area contributed by atoms with Gasteiger partial charge in [0, 0.05) is 38.6 Å². The average Bonchev–Trinajstić information content (AvgIpc) is 3.00. The maximum atomic E-state index is 12.8. The first kappa shape index (κ1) is 18.9. The normalized spacial score (nSPS) is 16.5. The number of imidazole rings is 1. The minimum atomic E-state index is -2.66. The van der Waals surface area contributed by atoms with E-state index in [-0.39, 0.29) is 24.4 Å². The Balaban J connectivity index is 1.87. The molecule has 0 aromatic carbocycles. The predicted octanol–water partition coefficient (Wildman–Crippen LogP) is 1.65. The minimum Gasteiger partial charge on any atom is -0.444 e. The third-order valence-electron chi connectivity index (χ3n) is 3.60. The van der Waals surface area contributed by atoms with Crippen LogP contribution in [0.1, 0.15) is 33.1 Å². The number of nitrogens with zero attached hydrogens (tertiary/aromatic N) is 5. The highest BCUT2D eigenvalue weighted by atomic mass is 19.3. The molecule has 1 aromatic rings. The fourth-order valence-electron chi connectivity index (χ4n) is 2.34. The zero-order valence-electron chi connectivity index (χ0n) is 14.7. The Bertz CT molecular complexity index is 618. The molecule has 2 N–H and O–H groups in total. The maximum absolute atomic E-state index is 12.8. The fraction of sp³-hybridized carbons (Fsp3) is 0.667. The largest absolute Gasteiger partial charge is 0.444 e. The third kappa shape index (κ3) is 5.30. The summed E-state index contributed by atoms with van der Waals surface area (Å²) in [6.45, 7) is 4.66. The van der Waals surface area contributed by atoms with Crippen LogP contribution in [-0.2, 0) is 11.3 Å². The van der Waals surface area contributed by atoms with Crippen molar-refractivity contribution in [1.82, 2.24) is 19.4 Å². The Kier molecular flexibility index (Phi) is 5.81. The second-order valence-electron chi connectivity index (χ2n) is 6.66. The number of hydrogen-bond acceptors (Lipinski definition) is 4. The standard InChI is InChI=1S/C15H24F2N6O2/c1-15(2,3)25-14(24)22-8-6-21(7-9-22)13(18)20-10-11-19-4-5-23(11)12(16)17/h4-5,12H,6-10H2,1-3H3,(H2,18,20). The van der Waals surface area contributed by atoms with E-state index in [1.807, 2.05) is 20.8 Å². The average molecular weight is 358 g/mol. The summed E-state index contributed by atoms with van der Waals surface area (Å²) in [6.07, 6.45) is 2.14. The smallest absolute Gasteiger partial charge is 0.410 e. The van der Waals surface area contributed by atoms with E-state index in [4.69, 9.17) is 10.5 Å². The molecule has 1 aliphatic heterocycles. The van der Waals surface area contributed by atoms with Gasteiger partial charge >= 0.3 is 12.6 Å². The third-order valence-corrected chi connectivity index (χ3v) is 3.60. The number of guanidine groups is 1. The molecule has 2 rings (SSSR count). The van der Waals surface area contributed by atoms with E-state index in [2.05, 4.69) is 9.98 Å². The Morgan fingerprint density at radius 1 is 1.32 bits per heavy atom. The van der Waals surface area contributed by atoms with Gasteiger partial charge in [-0.25, -0.2) is 14.8 Å². The van der Waals surface area contributed by atoms with Crippen molar-refractivity contribution >= 4 is 12.1 Å². The quantitative estimate of drug-likeness (QED) is 0.655. The molecule has 1 aliphatic rings. The van der Waals surface area contributed by atoms with Crippen LogP contribution < -0.4 is 5.73 Å². The van der Waals surface area contributed by atoms with Crippen LogP contribution in [0.3, 0.4) is 0 Å². The van der Waals surface area contributed by atoms with Crippen molar-refractivity contribution in [3.05, 3.63) is 18.2 Å². The summed E-state index contributed by atoms with van der Waals surface area (Å²) in [5, 5.41) is 0. The van der Waals surface area contributed by atoms with Crippen LogP contribution in [0.4, 0.5) is 13.6 Å². The van der Waals surface area contributed by atoms with Gasteiger partial charge in [0.25, 0.3) is 0 Å². The lowest BCUT2D eigenvalue weighted by molar-refractivity contribution is 0.0186. The molecule has 1 fully saturated rings. The second-order valence-corrected chi connectivity index (χ2v) is 6.66. The number of rotatable bonds is 3. The first-order chi connectivity index (χ1) is 11.7. The van der Waals surface area contributed by atoms with Crippen molar-refractivity contribution in [2.24, 2.45) is 10.7 Å². The first-order valence-electron chi connectivity index (χ1n) is 8.00. The van der Waals surface area contributed by atoms with Gasteiger partial charge in [-0.15, -0.1) is 0 Å². The van der Waals surface area contributed by atoms with Crippen molar-refractivity contribution < 1.29 is 18.3 Å². The number of hydrogen-bond donors (Lipinski definition) is 1. The van der Waals surface area contributed by atoms with Gasteiger partial charge in [-0.05, 0) is 20.8 Å². The molecule has 140 valence electrons. The molecule has 0 radical (unpaired) electrons. The maximum Gasteiger partial charge on any atom is 0.410 e. The number of piperazine rings is 1. The van der Waals surface area contributed by atoms with Crippen molar-refractivity contribution in [2.75, 3.05) is 26.2 Å². The zero-order valence-corrected chi connectivity index (χ0v) is 14.7. The van der Waals surface area contributed by atoms with Gasteiger partial charge in [0.05, 0.1) is 0 Å². The van der Waals surface area contributed by atoms with Crippen molar-refractivity contribution in [2.45, 2.75) is 39.5 Å². The number of carbonyl (C=O) groups excluding carboxylic acids is 1.